The van der Waals surface area contributed by atoms with Gasteiger partial charge in [-0.25, -0.2) is 13.1 Å². The van der Waals surface area contributed by atoms with Gasteiger partial charge in [-0.1, -0.05) is 13.8 Å². The molecular weight excluding hydrogens is 350 g/mol. The summed E-state index contributed by atoms with van der Waals surface area (Å²) in [5, 5.41) is 0. The van der Waals surface area contributed by atoms with E-state index in [2.05, 4.69) is 23.5 Å². The predicted octanol–water partition coefficient (Wildman–Crippen LogP) is 2.39. The first-order valence-electron chi connectivity index (χ1n) is 9.52. The zero-order chi connectivity index (χ0) is 19.2. The standard InChI is InChI=1S/C19H31N3O3S/c1-4-11-21(12-5-2)13-6-10-20-26(24,25)18-7-8-19-17(15-18)9-14-22(19)16(3)23/h7-8,15,20H,4-6,9-14H2,1-3H3. The van der Waals surface area contributed by atoms with E-state index >= 15 is 0 Å². The Hall–Kier alpha value is -1.44. The molecule has 1 aliphatic rings. The summed E-state index contributed by atoms with van der Waals surface area (Å²) in [6, 6.07) is 5.02. The van der Waals surface area contributed by atoms with Gasteiger partial charge in [0.1, 0.15) is 0 Å². The molecule has 0 saturated carbocycles. The molecule has 2 rings (SSSR count). The Morgan fingerprint density at radius 1 is 1.19 bits per heavy atom. The smallest absolute Gasteiger partial charge is 0.240 e. The van der Waals surface area contributed by atoms with Gasteiger partial charge in [0.15, 0.2) is 0 Å². The summed E-state index contributed by atoms with van der Waals surface area (Å²) in [5.41, 5.74) is 1.74. The van der Waals surface area contributed by atoms with Crippen molar-refractivity contribution in [2.45, 2.75) is 51.3 Å². The SMILES string of the molecule is CCCN(CCC)CCCNS(=O)(=O)c1ccc2c(c1)CCN2C(C)=O. The van der Waals surface area contributed by atoms with Crippen LogP contribution in [0.3, 0.4) is 0 Å². The molecule has 0 spiro atoms. The van der Waals surface area contributed by atoms with Crippen LogP contribution in [0, 0.1) is 0 Å². The maximum absolute atomic E-state index is 12.5. The zero-order valence-electron chi connectivity index (χ0n) is 16.1. The normalized spacial score (nSPS) is 14.1. The van der Waals surface area contributed by atoms with Crippen molar-refractivity contribution >= 4 is 21.6 Å². The topological polar surface area (TPSA) is 69.7 Å². The van der Waals surface area contributed by atoms with Crippen molar-refractivity contribution in [3.8, 4) is 0 Å². The van der Waals surface area contributed by atoms with Gasteiger partial charge in [0.05, 0.1) is 4.90 Å². The van der Waals surface area contributed by atoms with Crippen molar-refractivity contribution < 1.29 is 13.2 Å². The molecule has 0 fully saturated rings. The van der Waals surface area contributed by atoms with Gasteiger partial charge in [0, 0.05) is 25.7 Å². The van der Waals surface area contributed by atoms with Crippen LogP contribution in [0.5, 0.6) is 0 Å². The van der Waals surface area contributed by atoms with E-state index < -0.39 is 10.0 Å². The highest BCUT2D eigenvalue weighted by molar-refractivity contribution is 7.89. The first kappa shape index (κ1) is 20.9. The van der Waals surface area contributed by atoms with Gasteiger partial charge in [0.25, 0.3) is 0 Å². The molecule has 1 amide bonds. The second-order valence-electron chi connectivity index (χ2n) is 6.80. The summed E-state index contributed by atoms with van der Waals surface area (Å²) >= 11 is 0. The van der Waals surface area contributed by atoms with E-state index in [4.69, 9.17) is 0 Å². The Morgan fingerprint density at radius 3 is 2.50 bits per heavy atom. The summed E-state index contributed by atoms with van der Waals surface area (Å²) in [6.07, 6.45) is 3.71. The van der Waals surface area contributed by atoms with Crippen LogP contribution in [0.2, 0.25) is 0 Å². The minimum absolute atomic E-state index is 0.0128. The molecule has 26 heavy (non-hydrogen) atoms. The van der Waals surface area contributed by atoms with E-state index in [1.54, 1.807) is 23.1 Å². The number of nitrogens with zero attached hydrogens (tertiary/aromatic N) is 2. The zero-order valence-corrected chi connectivity index (χ0v) is 16.9. The third-order valence-corrected chi connectivity index (χ3v) is 6.12. The molecule has 0 bridgehead atoms. The molecule has 1 aromatic rings. The van der Waals surface area contributed by atoms with Gasteiger partial charge in [-0.05, 0) is 69.1 Å². The average molecular weight is 382 g/mol. The molecule has 146 valence electrons. The molecule has 0 unspecified atom stereocenters. The average Bonchev–Trinajstić information content (AvgIpc) is 3.02. The summed E-state index contributed by atoms with van der Waals surface area (Å²) in [4.78, 5) is 15.9. The fourth-order valence-electron chi connectivity index (χ4n) is 3.43. The van der Waals surface area contributed by atoms with Crippen molar-refractivity contribution in [3.63, 3.8) is 0 Å². The molecule has 1 aromatic carbocycles. The maximum Gasteiger partial charge on any atom is 0.240 e. The van der Waals surface area contributed by atoms with Crippen molar-refractivity contribution in [2.75, 3.05) is 37.6 Å². The molecule has 6 nitrogen and oxygen atoms in total. The highest BCUT2D eigenvalue weighted by Crippen LogP contribution is 2.30. The van der Waals surface area contributed by atoms with Crippen LogP contribution in [-0.2, 0) is 21.2 Å². The quantitative estimate of drug-likeness (QED) is 0.632. The van der Waals surface area contributed by atoms with Crippen LogP contribution < -0.4 is 9.62 Å². The van der Waals surface area contributed by atoms with Gasteiger partial charge in [-0.2, -0.15) is 0 Å². The molecule has 0 radical (unpaired) electrons. The number of hydrogen-bond donors (Lipinski definition) is 1. The lowest BCUT2D eigenvalue weighted by Gasteiger charge is -2.20. The van der Waals surface area contributed by atoms with Gasteiger partial charge in [-0.3, -0.25) is 4.79 Å². The van der Waals surface area contributed by atoms with Crippen LogP contribution in [-0.4, -0.2) is 51.9 Å². The second kappa shape index (κ2) is 9.48. The van der Waals surface area contributed by atoms with E-state index in [0.29, 0.717) is 19.5 Å². The highest BCUT2D eigenvalue weighted by Gasteiger charge is 2.24. The van der Waals surface area contributed by atoms with Crippen LogP contribution in [0.1, 0.15) is 45.6 Å². The maximum atomic E-state index is 12.5. The lowest BCUT2D eigenvalue weighted by atomic mass is 10.2. The molecule has 0 saturated heterocycles. The van der Waals surface area contributed by atoms with Gasteiger partial charge in [-0.15, -0.1) is 0 Å². The van der Waals surface area contributed by atoms with Crippen LogP contribution in [0.4, 0.5) is 5.69 Å². The van der Waals surface area contributed by atoms with E-state index in [0.717, 1.165) is 50.1 Å². The summed E-state index contributed by atoms with van der Waals surface area (Å²) in [5.74, 6) is -0.0128. The third kappa shape index (κ3) is 5.28. The van der Waals surface area contributed by atoms with Crippen LogP contribution >= 0.6 is 0 Å². The third-order valence-electron chi connectivity index (χ3n) is 4.66. The van der Waals surface area contributed by atoms with Crippen molar-refractivity contribution in [3.05, 3.63) is 23.8 Å². The first-order chi connectivity index (χ1) is 12.4. The van der Waals surface area contributed by atoms with Crippen molar-refractivity contribution in [1.82, 2.24) is 9.62 Å². The molecule has 0 aliphatic carbocycles. The Kier molecular flexibility index (Phi) is 7.61. The number of hydrogen-bond acceptors (Lipinski definition) is 4. The van der Waals surface area contributed by atoms with Gasteiger partial charge >= 0.3 is 0 Å². The number of fused-ring (bicyclic) bond motifs is 1. The Labute approximate surface area is 157 Å². The minimum atomic E-state index is -3.51. The fraction of sp³-hybridized carbons (Fsp3) is 0.632. The minimum Gasteiger partial charge on any atom is -0.312 e. The van der Waals surface area contributed by atoms with E-state index in [-0.39, 0.29) is 10.8 Å². The monoisotopic (exact) mass is 381 g/mol. The van der Waals surface area contributed by atoms with Gasteiger partial charge < -0.3 is 9.80 Å². The Balaban J connectivity index is 1.93. The van der Waals surface area contributed by atoms with E-state index in [9.17, 15) is 13.2 Å². The largest absolute Gasteiger partial charge is 0.312 e. The Morgan fingerprint density at radius 2 is 1.88 bits per heavy atom. The summed E-state index contributed by atoms with van der Waals surface area (Å²) in [7, 11) is -3.51. The number of rotatable bonds is 10. The number of sulfonamides is 1. The molecule has 1 aliphatic heterocycles. The summed E-state index contributed by atoms with van der Waals surface area (Å²) < 4.78 is 27.8. The summed E-state index contributed by atoms with van der Waals surface area (Å²) in [6.45, 7) is 9.91. The van der Waals surface area contributed by atoms with E-state index in [1.807, 2.05) is 0 Å². The van der Waals surface area contributed by atoms with Crippen molar-refractivity contribution in [1.29, 1.82) is 0 Å². The number of carbonyl (C=O) groups is 1. The Bertz CT molecular complexity index is 713. The highest BCUT2D eigenvalue weighted by atomic mass is 32.2. The van der Waals surface area contributed by atoms with Crippen LogP contribution in [0.15, 0.2) is 23.1 Å². The van der Waals surface area contributed by atoms with Crippen LogP contribution in [0.25, 0.3) is 0 Å². The van der Waals surface area contributed by atoms with Gasteiger partial charge in [0.2, 0.25) is 15.9 Å². The van der Waals surface area contributed by atoms with Crippen molar-refractivity contribution in [2.24, 2.45) is 0 Å². The second-order valence-corrected chi connectivity index (χ2v) is 8.57. The number of nitrogens with one attached hydrogen (secondary N) is 1. The molecule has 1 N–H and O–H groups in total. The lowest BCUT2D eigenvalue weighted by molar-refractivity contribution is -0.116. The van der Waals surface area contributed by atoms with E-state index in [1.165, 1.54) is 6.92 Å². The molecule has 0 aromatic heterocycles. The predicted molar refractivity (Wildman–Crippen MR) is 105 cm³/mol. The molecule has 7 heteroatoms. The number of benzene rings is 1. The molecule has 0 atom stereocenters. The number of anilines is 1. The number of carbonyl (C=O) groups excluding carboxylic acids is 1. The fourth-order valence-corrected chi connectivity index (χ4v) is 4.56. The molecule has 1 heterocycles. The lowest BCUT2D eigenvalue weighted by Crippen LogP contribution is -2.31. The number of amides is 1. The molecular formula is C19H31N3O3S. The first-order valence-corrected chi connectivity index (χ1v) is 11.0.